The second-order valence-electron chi connectivity index (χ2n) is 5.21. The molecule has 0 aliphatic heterocycles. The van der Waals surface area contributed by atoms with Crippen LogP contribution in [0.5, 0.6) is 0 Å². The maximum absolute atomic E-state index is 12.3. The molecule has 0 fully saturated rings. The van der Waals surface area contributed by atoms with Crippen molar-refractivity contribution in [2.24, 2.45) is 5.73 Å². The predicted octanol–water partition coefficient (Wildman–Crippen LogP) is 1.45. The second-order valence-corrected chi connectivity index (χ2v) is 6.63. The molecule has 1 aromatic carbocycles. The number of rotatable bonds is 9. The number of halogens is 1. The number of amides is 2. The minimum absolute atomic E-state index is 0.00641. The summed E-state index contributed by atoms with van der Waals surface area (Å²) in [6.45, 7) is 1.90. The van der Waals surface area contributed by atoms with Crippen molar-refractivity contribution in [2.45, 2.75) is 6.54 Å². The first-order valence-electron chi connectivity index (χ1n) is 6.91. The SMILES string of the molecule is CN(C)CCN(Cc1cccc(Cl)c1)C(=O)CSCC(N)=O. The molecule has 2 amide bonds. The lowest BCUT2D eigenvalue weighted by atomic mass is 10.2. The fraction of sp³-hybridized carbons (Fsp3) is 0.467. The van der Waals surface area contributed by atoms with Crippen LogP contribution in [-0.2, 0) is 16.1 Å². The molecule has 5 nitrogen and oxygen atoms in total. The molecular weight excluding hydrogens is 322 g/mol. The Morgan fingerprint density at radius 1 is 1.23 bits per heavy atom. The second kappa shape index (κ2) is 9.71. The van der Waals surface area contributed by atoms with Crippen LogP contribution in [0.15, 0.2) is 24.3 Å². The van der Waals surface area contributed by atoms with E-state index < -0.39 is 5.91 Å². The number of carbonyl (C=O) groups excluding carboxylic acids is 2. The summed E-state index contributed by atoms with van der Waals surface area (Å²) in [7, 11) is 3.92. The fourth-order valence-corrected chi connectivity index (χ4v) is 2.67. The molecule has 0 heterocycles. The van der Waals surface area contributed by atoms with E-state index in [2.05, 4.69) is 0 Å². The van der Waals surface area contributed by atoms with Crippen molar-refractivity contribution in [3.63, 3.8) is 0 Å². The van der Waals surface area contributed by atoms with Gasteiger partial charge in [-0.3, -0.25) is 9.59 Å². The molecule has 0 saturated heterocycles. The number of nitrogens with zero attached hydrogens (tertiary/aromatic N) is 2. The summed E-state index contributed by atoms with van der Waals surface area (Å²) < 4.78 is 0. The number of hydrogen-bond donors (Lipinski definition) is 1. The molecule has 7 heteroatoms. The molecule has 2 N–H and O–H groups in total. The molecule has 0 aromatic heterocycles. The quantitative estimate of drug-likeness (QED) is 0.737. The zero-order valence-corrected chi connectivity index (χ0v) is 14.5. The van der Waals surface area contributed by atoms with E-state index in [1.165, 1.54) is 11.8 Å². The smallest absolute Gasteiger partial charge is 0.232 e. The zero-order chi connectivity index (χ0) is 16.5. The van der Waals surface area contributed by atoms with Gasteiger partial charge in [0.2, 0.25) is 11.8 Å². The van der Waals surface area contributed by atoms with Gasteiger partial charge in [-0.05, 0) is 31.8 Å². The molecule has 0 unspecified atom stereocenters. The van der Waals surface area contributed by atoms with Crippen molar-refractivity contribution in [2.75, 3.05) is 38.7 Å². The van der Waals surface area contributed by atoms with Gasteiger partial charge in [-0.15, -0.1) is 11.8 Å². The molecule has 1 aromatic rings. The lowest BCUT2D eigenvalue weighted by Crippen LogP contribution is -2.37. The van der Waals surface area contributed by atoms with E-state index in [0.717, 1.165) is 12.1 Å². The van der Waals surface area contributed by atoms with Gasteiger partial charge >= 0.3 is 0 Å². The van der Waals surface area contributed by atoms with Crippen LogP contribution in [0, 0.1) is 0 Å². The zero-order valence-electron chi connectivity index (χ0n) is 12.9. The highest BCUT2D eigenvalue weighted by atomic mass is 35.5. The number of benzene rings is 1. The largest absolute Gasteiger partial charge is 0.369 e. The van der Waals surface area contributed by atoms with Gasteiger partial charge in [-0.2, -0.15) is 0 Å². The van der Waals surface area contributed by atoms with Crippen LogP contribution in [0.4, 0.5) is 0 Å². The first-order valence-corrected chi connectivity index (χ1v) is 8.44. The first kappa shape index (κ1) is 18.8. The molecule has 0 saturated carbocycles. The van der Waals surface area contributed by atoms with Gasteiger partial charge in [-0.25, -0.2) is 0 Å². The van der Waals surface area contributed by atoms with Crippen molar-refractivity contribution in [3.8, 4) is 0 Å². The monoisotopic (exact) mass is 343 g/mol. The van der Waals surface area contributed by atoms with Gasteiger partial charge in [0.1, 0.15) is 0 Å². The van der Waals surface area contributed by atoms with Gasteiger partial charge in [0, 0.05) is 24.7 Å². The van der Waals surface area contributed by atoms with Crippen LogP contribution in [0.1, 0.15) is 5.56 Å². The molecular formula is C15H22ClN3O2S. The van der Waals surface area contributed by atoms with Crippen LogP contribution < -0.4 is 5.73 Å². The van der Waals surface area contributed by atoms with Crippen LogP contribution in [0.2, 0.25) is 5.02 Å². The molecule has 0 aliphatic rings. The summed E-state index contributed by atoms with van der Waals surface area (Å²) >= 11 is 7.23. The Bertz CT molecular complexity index is 511. The topological polar surface area (TPSA) is 66.6 Å². The molecule has 0 atom stereocenters. The summed E-state index contributed by atoms with van der Waals surface area (Å²) in [6.07, 6.45) is 0. The van der Waals surface area contributed by atoms with Gasteiger partial charge < -0.3 is 15.5 Å². The van der Waals surface area contributed by atoms with Gasteiger partial charge in [-0.1, -0.05) is 23.7 Å². The number of primary amides is 1. The number of nitrogens with two attached hydrogens (primary N) is 1. The number of likely N-dealkylation sites (N-methyl/N-ethyl adjacent to an activating group) is 1. The van der Waals surface area contributed by atoms with E-state index in [4.69, 9.17) is 17.3 Å². The number of carbonyl (C=O) groups is 2. The van der Waals surface area contributed by atoms with Crippen molar-refractivity contribution in [1.29, 1.82) is 0 Å². The van der Waals surface area contributed by atoms with Crippen LogP contribution in [-0.4, -0.2) is 60.3 Å². The van der Waals surface area contributed by atoms with Crippen LogP contribution in [0.25, 0.3) is 0 Å². The Labute approximate surface area is 140 Å². The highest BCUT2D eigenvalue weighted by Crippen LogP contribution is 2.13. The van der Waals surface area contributed by atoms with E-state index in [1.54, 1.807) is 11.0 Å². The minimum Gasteiger partial charge on any atom is -0.369 e. The maximum Gasteiger partial charge on any atom is 0.232 e. The summed E-state index contributed by atoms with van der Waals surface area (Å²) in [5.74, 6) is -0.0120. The van der Waals surface area contributed by atoms with Crippen molar-refractivity contribution in [3.05, 3.63) is 34.9 Å². The fourth-order valence-electron chi connectivity index (χ4n) is 1.80. The Hall–Kier alpha value is -1.24. The first-order chi connectivity index (χ1) is 10.4. The summed E-state index contributed by atoms with van der Waals surface area (Å²) in [6, 6.07) is 7.47. The van der Waals surface area contributed by atoms with E-state index >= 15 is 0 Å². The van der Waals surface area contributed by atoms with E-state index in [0.29, 0.717) is 18.1 Å². The normalized spacial score (nSPS) is 10.7. The van der Waals surface area contributed by atoms with Gasteiger partial charge in [0.15, 0.2) is 0 Å². The Balaban J connectivity index is 2.65. The van der Waals surface area contributed by atoms with E-state index in [1.807, 2.05) is 37.2 Å². The van der Waals surface area contributed by atoms with Crippen molar-refractivity contribution < 1.29 is 9.59 Å². The third-order valence-electron chi connectivity index (χ3n) is 2.90. The van der Waals surface area contributed by atoms with Gasteiger partial charge in [0.05, 0.1) is 11.5 Å². The Morgan fingerprint density at radius 3 is 2.55 bits per heavy atom. The van der Waals surface area contributed by atoms with Gasteiger partial charge in [0.25, 0.3) is 0 Å². The minimum atomic E-state index is -0.410. The summed E-state index contributed by atoms with van der Waals surface area (Å²) in [5, 5.41) is 0.653. The maximum atomic E-state index is 12.3. The average molecular weight is 344 g/mol. The predicted molar refractivity (Wildman–Crippen MR) is 91.9 cm³/mol. The van der Waals surface area contributed by atoms with Crippen molar-refractivity contribution >= 4 is 35.2 Å². The number of thioether (sulfide) groups is 1. The highest BCUT2D eigenvalue weighted by Gasteiger charge is 2.15. The van der Waals surface area contributed by atoms with Crippen molar-refractivity contribution in [1.82, 2.24) is 9.80 Å². The molecule has 0 bridgehead atoms. The highest BCUT2D eigenvalue weighted by molar-refractivity contribution is 8.00. The lowest BCUT2D eigenvalue weighted by molar-refractivity contribution is -0.129. The lowest BCUT2D eigenvalue weighted by Gasteiger charge is -2.24. The summed E-state index contributed by atoms with van der Waals surface area (Å²) in [4.78, 5) is 26.9. The standard InChI is InChI=1S/C15H22ClN3O2S/c1-18(2)6-7-19(15(21)11-22-10-14(17)20)9-12-4-3-5-13(16)8-12/h3-5,8H,6-7,9-11H2,1-2H3,(H2,17,20). The van der Waals surface area contributed by atoms with Crippen LogP contribution in [0.3, 0.4) is 0 Å². The molecule has 0 radical (unpaired) electrons. The Morgan fingerprint density at radius 2 is 1.95 bits per heavy atom. The van der Waals surface area contributed by atoms with E-state index in [9.17, 15) is 9.59 Å². The third-order valence-corrected chi connectivity index (χ3v) is 4.08. The average Bonchev–Trinajstić information content (AvgIpc) is 2.42. The molecule has 0 aliphatic carbocycles. The molecule has 1 rings (SSSR count). The summed E-state index contributed by atoms with van der Waals surface area (Å²) in [5.41, 5.74) is 6.07. The van der Waals surface area contributed by atoms with E-state index in [-0.39, 0.29) is 17.4 Å². The molecule has 0 spiro atoms. The Kier molecular flexibility index (Phi) is 8.30. The number of hydrogen-bond acceptors (Lipinski definition) is 4. The molecule has 122 valence electrons. The van der Waals surface area contributed by atoms with Crippen LogP contribution >= 0.6 is 23.4 Å². The third kappa shape index (κ3) is 7.68. The molecule has 22 heavy (non-hydrogen) atoms.